The van der Waals surface area contributed by atoms with Gasteiger partial charge in [-0.05, 0) is 30.9 Å². The SMILES string of the molecule is C[CH]CCc1ccccc1OC. The van der Waals surface area contributed by atoms with Gasteiger partial charge in [-0.3, -0.25) is 0 Å². The molecule has 0 aliphatic heterocycles. The van der Waals surface area contributed by atoms with Gasteiger partial charge in [0.2, 0.25) is 0 Å². The number of rotatable bonds is 4. The lowest BCUT2D eigenvalue weighted by Crippen LogP contribution is -1.91. The van der Waals surface area contributed by atoms with Crippen LogP contribution in [0.5, 0.6) is 5.75 Å². The molecule has 0 heterocycles. The number of aryl methyl sites for hydroxylation is 1. The number of hydrogen-bond acceptors (Lipinski definition) is 1. The summed E-state index contributed by atoms with van der Waals surface area (Å²) in [5.74, 6) is 0.999. The Morgan fingerprint density at radius 2 is 2.08 bits per heavy atom. The molecule has 0 bridgehead atoms. The summed E-state index contributed by atoms with van der Waals surface area (Å²) < 4.78 is 5.23. The zero-order valence-electron chi connectivity index (χ0n) is 7.71. The van der Waals surface area contributed by atoms with Crippen LogP contribution in [-0.4, -0.2) is 7.11 Å². The highest BCUT2D eigenvalue weighted by Crippen LogP contribution is 2.18. The van der Waals surface area contributed by atoms with Crippen molar-refractivity contribution < 1.29 is 4.74 Å². The Kier molecular flexibility index (Phi) is 3.65. The van der Waals surface area contributed by atoms with E-state index < -0.39 is 0 Å². The van der Waals surface area contributed by atoms with Crippen molar-refractivity contribution in [2.75, 3.05) is 7.11 Å². The Morgan fingerprint density at radius 3 is 2.75 bits per heavy atom. The molecule has 0 aromatic heterocycles. The minimum Gasteiger partial charge on any atom is -0.496 e. The van der Waals surface area contributed by atoms with Gasteiger partial charge in [-0.2, -0.15) is 0 Å². The molecule has 0 aliphatic carbocycles. The molecule has 0 spiro atoms. The number of ether oxygens (including phenoxy) is 1. The van der Waals surface area contributed by atoms with E-state index in [0.717, 1.165) is 18.6 Å². The number of unbranched alkanes of at least 4 members (excludes halogenated alkanes) is 1. The number of hydrogen-bond donors (Lipinski definition) is 0. The molecule has 0 saturated heterocycles. The van der Waals surface area contributed by atoms with Crippen molar-refractivity contribution in [2.24, 2.45) is 0 Å². The first-order valence-electron chi connectivity index (χ1n) is 4.28. The lowest BCUT2D eigenvalue weighted by molar-refractivity contribution is 0.409. The highest BCUT2D eigenvalue weighted by Gasteiger charge is 1.99. The molecule has 1 radical (unpaired) electrons. The van der Waals surface area contributed by atoms with Gasteiger partial charge in [-0.1, -0.05) is 25.1 Å². The third kappa shape index (κ3) is 2.26. The van der Waals surface area contributed by atoms with Crippen LogP contribution in [0.2, 0.25) is 0 Å². The minimum atomic E-state index is 0.999. The first-order chi connectivity index (χ1) is 5.88. The molecule has 1 heteroatoms. The average Bonchev–Trinajstić information content (AvgIpc) is 2.15. The Balaban J connectivity index is 2.68. The molecule has 0 N–H and O–H groups in total. The topological polar surface area (TPSA) is 9.23 Å². The standard InChI is InChI=1S/C11H15O/c1-3-4-7-10-8-5-6-9-11(10)12-2/h3,5-6,8-9H,4,7H2,1-2H3. The number of para-hydroxylation sites is 1. The van der Waals surface area contributed by atoms with E-state index in [0.29, 0.717) is 0 Å². The van der Waals surface area contributed by atoms with Gasteiger partial charge in [0, 0.05) is 0 Å². The lowest BCUT2D eigenvalue weighted by atomic mass is 10.1. The third-order valence-electron chi connectivity index (χ3n) is 1.89. The highest BCUT2D eigenvalue weighted by atomic mass is 16.5. The molecule has 1 aromatic rings. The van der Waals surface area contributed by atoms with Crippen molar-refractivity contribution in [3.05, 3.63) is 36.2 Å². The molecule has 0 aliphatic rings. The number of benzene rings is 1. The maximum Gasteiger partial charge on any atom is 0.122 e. The summed E-state index contributed by atoms with van der Waals surface area (Å²) in [6.45, 7) is 2.08. The van der Waals surface area contributed by atoms with Gasteiger partial charge in [-0.25, -0.2) is 0 Å². The van der Waals surface area contributed by atoms with Crippen LogP contribution in [-0.2, 0) is 6.42 Å². The Bertz CT molecular complexity index is 230. The van der Waals surface area contributed by atoms with Crippen molar-refractivity contribution in [1.82, 2.24) is 0 Å². The van der Waals surface area contributed by atoms with Crippen LogP contribution >= 0.6 is 0 Å². The fraction of sp³-hybridized carbons (Fsp3) is 0.364. The molecule has 0 fully saturated rings. The Morgan fingerprint density at radius 1 is 1.33 bits per heavy atom. The normalized spacial score (nSPS) is 9.83. The van der Waals surface area contributed by atoms with Crippen molar-refractivity contribution in [1.29, 1.82) is 0 Å². The van der Waals surface area contributed by atoms with Crippen LogP contribution in [0.25, 0.3) is 0 Å². The summed E-state index contributed by atoms with van der Waals surface area (Å²) >= 11 is 0. The van der Waals surface area contributed by atoms with E-state index in [2.05, 4.69) is 19.4 Å². The molecule has 65 valence electrons. The second-order valence-electron chi connectivity index (χ2n) is 2.76. The van der Waals surface area contributed by atoms with E-state index in [9.17, 15) is 0 Å². The Hall–Kier alpha value is -0.980. The molecule has 1 rings (SSSR count). The van der Waals surface area contributed by atoms with Crippen molar-refractivity contribution >= 4 is 0 Å². The summed E-state index contributed by atoms with van der Waals surface area (Å²) in [6, 6.07) is 8.17. The van der Waals surface area contributed by atoms with Gasteiger partial charge in [0.15, 0.2) is 0 Å². The van der Waals surface area contributed by atoms with Crippen LogP contribution in [0.4, 0.5) is 0 Å². The van der Waals surface area contributed by atoms with Gasteiger partial charge in [0.1, 0.15) is 5.75 Å². The van der Waals surface area contributed by atoms with Crippen LogP contribution in [0.3, 0.4) is 0 Å². The molecule has 0 amide bonds. The van der Waals surface area contributed by atoms with Crippen LogP contribution < -0.4 is 4.74 Å². The van der Waals surface area contributed by atoms with E-state index in [1.807, 2.05) is 18.2 Å². The predicted molar refractivity (Wildman–Crippen MR) is 51.3 cm³/mol. The minimum absolute atomic E-state index is 0.999. The van der Waals surface area contributed by atoms with E-state index in [4.69, 9.17) is 4.74 Å². The summed E-state index contributed by atoms with van der Waals surface area (Å²) in [7, 11) is 1.72. The third-order valence-corrected chi connectivity index (χ3v) is 1.89. The summed E-state index contributed by atoms with van der Waals surface area (Å²) in [5, 5.41) is 0. The average molecular weight is 163 g/mol. The van der Waals surface area contributed by atoms with Gasteiger partial charge in [0.25, 0.3) is 0 Å². The molecule has 1 nitrogen and oxygen atoms in total. The molecule has 12 heavy (non-hydrogen) atoms. The molecule has 0 atom stereocenters. The smallest absolute Gasteiger partial charge is 0.122 e. The van der Waals surface area contributed by atoms with Crippen LogP contribution in [0.15, 0.2) is 24.3 Å². The molecule has 1 aromatic carbocycles. The largest absolute Gasteiger partial charge is 0.496 e. The van der Waals surface area contributed by atoms with Crippen molar-refractivity contribution in [3.63, 3.8) is 0 Å². The summed E-state index contributed by atoms with van der Waals surface area (Å²) in [6.07, 6.45) is 4.35. The molecule has 0 saturated carbocycles. The van der Waals surface area contributed by atoms with E-state index >= 15 is 0 Å². The highest BCUT2D eigenvalue weighted by molar-refractivity contribution is 5.33. The van der Waals surface area contributed by atoms with Gasteiger partial charge < -0.3 is 4.74 Å². The molecule has 0 unspecified atom stereocenters. The first kappa shape index (κ1) is 9.11. The van der Waals surface area contributed by atoms with Crippen LogP contribution in [0, 0.1) is 6.42 Å². The summed E-state index contributed by atoms with van der Waals surface area (Å²) in [4.78, 5) is 0. The quantitative estimate of drug-likeness (QED) is 0.663. The summed E-state index contributed by atoms with van der Waals surface area (Å²) in [5.41, 5.74) is 1.29. The molecular formula is C11H15O. The van der Waals surface area contributed by atoms with Crippen molar-refractivity contribution in [2.45, 2.75) is 19.8 Å². The first-order valence-corrected chi connectivity index (χ1v) is 4.28. The van der Waals surface area contributed by atoms with Gasteiger partial charge in [0.05, 0.1) is 7.11 Å². The zero-order chi connectivity index (χ0) is 8.81. The maximum atomic E-state index is 5.23. The van der Waals surface area contributed by atoms with E-state index in [-0.39, 0.29) is 0 Å². The van der Waals surface area contributed by atoms with Crippen LogP contribution in [0.1, 0.15) is 18.9 Å². The molecular weight excluding hydrogens is 148 g/mol. The van der Waals surface area contributed by atoms with E-state index in [1.165, 1.54) is 5.56 Å². The predicted octanol–water partition coefficient (Wildman–Crippen LogP) is 2.85. The fourth-order valence-electron chi connectivity index (χ4n) is 1.21. The second-order valence-corrected chi connectivity index (χ2v) is 2.76. The number of methoxy groups -OCH3 is 1. The van der Waals surface area contributed by atoms with Gasteiger partial charge >= 0.3 is 0 Å². The van der Waals surface area contributed by atoms with Gasteiger partial charge in [-0.15, -0.1) is 0 Å². The Labute approximate surface area is 74.4 Å². The van der Waals surface area contributed by atoms with E-state index in [1.54, 1.807) is 7.11 Å². The fourth-order valence-corrected chi connectivity index (χ4v) is 1.21. The monoisotopic (exact) mass is 163 g/mol. The zero-order valence-corrected chi connectivity index (χ0v) is 7.71. The lowest BCUT2D eigenvalue weighted by Gasteiger charge is -2.06. The second kappa shape index (κ2) is 4.81. The van der Waals surface area contributed by atoms with Crippen molar-refractivity contribution in [3.8, 4) is 5.75 Å². The maximum absolute atomic E-state index is 5.23.